The number of amidine groups is 1. The van der Waals surface area contributed by atoms with Crippen molar-refractivity contribution in [2.45, 2.75) is 45.6 Å². The summed E-state index contributed by atoms with van der Waals surface area (Å²) in [6.45, 7) is 4.63. The highest BCUT2D eigenvalue weighted by Crippen LogP contribution is 2.40. The summed E-state index contributed by atoms with van der Waals surface area (Å²) in [5.74, 6) is 0.987. The summed E-state index contributed by atoms with van der Waals surface area (Å²) in [5.41, 5.74) is 1.83. The van der Waals surface area contributed by atoms with Crippen molar-refractivity contribution in [3.8, 4) is 5.75 Å². The van der Waals surface area contributed by atoms with Gasteiger partial charge in [0.25, 0.3) is 0 Å². The number of unbranched alkanes of at least 4 members (excludes halogenated alkanes) is 2. The molecule has 0 radical (unpaired) electrons. The van der Waals surface area contributed by atoms with Crippen LogP contribution in [0.25, 0.3) is 0 Å². The van der Waals surface area contributed by atoms with Crippen LogP contribution in [0.15, 0.2) is 40.5 Å². The lowest BCUT2D eigenvalue weighted by Gasteiger charge is -2.38. The number of thioether (sulfide) groups is 1. The second kappa shape index (κ2) is 9.28. The molecule has 0 bridgehead atoms. The SMILES string of the molecule is CCCCCOc1ccc([C@H]2C(C(=O)OC)=C(C)N=C3SCCC(=O)N32)cc1. The van der Waals surface area contributed by atoms with Gasteiger partial charge in [-0.2, -0.15) is 0 Å². The Hall–Kier alpha value is -2.28. The van der Waals surface area contributed by atoms with Crippen molar-refractivity contribution in [3.63, 3.8) is 0 Å². The number of nitrogens with zero attached hydrogens (tertiary/aromatic N) is 2. The van der Waals surface area contributed by atoms with E-state index in [4.69, 9.17) is 9.47 Å². The molecule has 6 nitrogen and oxygen atoms in total. The molecule has 0 spiro atoms. The predicted molar refractivity (Wildman–Crippen MR) is 110 cm³/mol. The van der Waals surface area contributed by atoms with Gasteiger partial charge in [0.1, 0.15) is 5.75 Å². The number of rotatable bonds is 7. The van der Waals surface area contributed by atoms with E-state index in [0.29, 0.717) is 35.2 Å². The molecule has 0 aliphatic carbocycles. The van der Waals surface area contributed by atoms with E-state index in [1.807, 2.05) is 24.3 Å². The van der Waals surface area contributed by atoms with Crippen molar-refractivity contribution in [2.75, 3.05) is 19.5 Å². The Bertz CT molecular complexity index is 801. The predicted octanol–water partition coefficient (Wildman–Crippen LogP) is 4.08. The number of ether oxygens (including phenoxy) is 2. The van der Waals surface area contributed by atoms with Crippen LogP contribution in [-0.4, -0.2) is 41.4 Å². The molecule has 7 heteroatoms. The number of fused-ring (bicyclic) bond motifs is 1. The van der Waals surface area contributed by atoms with Gasteiger partial charge in [-0.25, -0.2) is 9.79 Å². The van der Waals surface area contributed by atoms with Crippen LogP contribution in [0.2, 0.25) is 0 Å². The van der Waals surface area contributed by atoms with Crippen LogP contribution >= 0.6 is 11.8 Å². The molecule has 0 aromatic heterocycles. The monoisotopic (exact) mass is 402 g/mol. The van der Waals surface area contributed by atoms with E-state index in [-0.39, 0.29) is 5.91 Å². The van der Waals surface area contributed by atoms with Gasteiger partial charge in [-0.3, -0.25) is 9.69 Å². The number of hydrogen-bond acceptors (Lipinski definition) is 6. The second-order valence-electron chi connectivity index (χ2n) is 6.77. The molecular formula is C21H26N2O4S. The van der Waals surface area contributed by atoms with Gasteiger partial charge in [0, 0.05) is 12.2 Å². The quantitative estimate of drug-likeness (QED) is 0.508. The number of amides is 1. The number of carbonyl (C=O) groups excluding carboxylic acids is 2. The van der Waals surface area contributed by atoms with Crippen LogP contribution in [-0.2, 0) is 14.3 Å². The molecule has 1 atom stereocenters. The molecule has 0 N–H and O–H groups in total. The summed E-state index contributed by atoms with van der Waals surface area (Å²) in [7, 11) is 1.35. The highest BCUT2D eigenvalue weighted by atomic mass is 32.2. The van der Waals surface area contributed by atoms with Crippen molar-refractivity contribution in [3.05, 3.63) is 41.1 Å². The first kappa shape index (κ1) is 20.5. The minimum Gasteiger partial charge on any atom is -0.494 e. The number of allylic oxidation sites excluding steroid dienone is 1. The smallest absolute Gasteiger partial charge is 0.338 e. The van der Waals surface area contributed by atoms with Gasteiger partial charge in [-0.15, -0.1) is 0 Å². The van der Waals surface area contributed by atoms with Crippen molar-refractivity contribution in [2.24, 2.45) is 4.99 Å². The molecule has 0 unspecified atom stereocenters. The first-order valence-corrected chi connectivity index (χ1v) is 10.6. The lowest BCUT2D eigenvalue weighted by Crippen LogP contribution is -2.45. The van der Waals surface area contributed by atoms with Crippen molar-refractivity contribution < 1.29 is 19.1 Å². The summed E-state index contributed by atoms with van der Waals surface area (Å²) in [4.78, 5) is 31.3. The molecule has 2 heterocycles. The summed E-state index contributed by atoms with van der Waals surface area (Å²) in [5, 5.41) is 0.645. The molecule has 28 heavy (non-hydrogen) atoms. The first-order valence-electron chi connectivity index (χ1n) is 9.62. The maximum Gasteiger partial charge on any atom is 0.338 e. The molecular weight excluding hydrogens is 376 g/mol. The van der Waals surface area contributed by atoms with Crippen molar-refractivity contribution in [1.29, 1.82) is 0 Å². The number of hydrogen-bond donors (Lipinski definition) is 0. The van der Waals surface area contributed by atoms with E-state index in [1.54, 1.807) is 11.8 Å². The van der Waals surface area contributed by atoms with Crippen molar-refractivity contribution >= 4 is 28.8 Å². The fourth-order valence-electron chi connectivity index (χ4n) is 3.37. The Balaban J connectivity index is 1.91. The third-order valence-corrected chi connectivity index (χ3v) is 5.78. The standard InChI is InChI=1S/C21H26N2O4S/c1-4-5-6-12-27-16-9-7-15(8-10-16)19-18(20(25)26-3)14(2)22-21-23(19)17(24)11-13-28-21/h7-10,19H,4-6,11-13H2,1-3H3/t19-/m0/s1. The Morgan fingerprint density at radius 2 is 2.04 bits per heavy atom. The van der Waals surface area contributed by atoms with E-state index in [0.717, 1.165) is 30.6 Å². The van der Waals surface area contributed by atoms with Crippen LogP contribution in [0, 0.1) is 0 Å². The number of benzene rings is 1. The summed E-state index contributed by atoms with van der Waals surface area (Å²) >= 11 is 1.54. The van der Waals surface area contributed by atoms with Gasteiger partial charge in [-0.1, -0.05) is 43.7 Å². The minimum atomic E-state index is -0.533. The molecule has 0 saturated carbocycles. The summed E-state index contributed by atoms with van der Waals surface area (Å²) < 4.78 is 10.8. The molecule has 150 valence electrons. The minimum absolute atomic E-state index is 0.0312. The molecule has 1 aromatic carbocycles. The molecule has 3 rings (SSSR count). The number of esters is 1. The van der Waals surface area contributed by atoms with E-state index in [9.17, 15) is 9.59 Å². The van der Waals surface area contributed by atoms with E-state index in [2.05, 4.69) is 11.9 Å². The summed E-state index contributed by atoms with van der Waals surface area (Å²) in [6, 6.07) is 7.06. The fraction of sp³-hybridized carbons (Fsp3) is 0.476. The first-order chi connectivity index (χ1) is 13.6. The lowest BCUT2D eigenvalue weighted by molar-refractivity contribution is -0.137. The van der Waals surface area contributed by atoms with Crippen molar-refractivity contribution in [1.82, 2.24) is 4.90 Å². The Morgan fingerprint density at radius 3 is 2.71 bits per heavy atom. The highest BCUT2D eigenvalue weighted by molar-refractivity contribution is 8.14. The van der Waals surface area contributed by atoms with E-state index < -0.39 is 12.0 Å². The maximum absolute atomic E-state index is 12.7. The average molecular weight is 403 g/mol. The molecule has 1 aromatic rings. The Morgan fingerprint density at radius 1 is 1.29 bits per heavy atom. The van der Waals surface area contributed by atoms with Crippen LogP contribution in [0.3, 0.4) is 0 Å². The zero-order chi connectivity index (χ0) is 20.1. The Labute approximate surface area is 170 Å². The Kier molecular flexibility index (Phi) is 6.78. The molecule has 2 aliphatic rings. The fourth-order valence-corrected chi connectivity index (χ4v) is 4.38. The van der Waals surface area contributed by atoms with Crippen LogP contribution in [0.1, 0.15) is 51.1 Å². The average Bonchev–Trinajstić information content (AvgIpc) is 2.70. The third kappa shape index (κ3) is 4.24. The van der Waals surface area contributed by atoms with Gasteiger partial charge in [0.15, 0.2) is 5.17 Å². The lowest BCUT2D eigenvalue weighted by atomic mass is 9.94. The second-order valence-corrected chi connectivity index (χ2v) is 7.84. The zero-order valence-corrected chi connectivity index (χ0v) is 17.4. The number of methoxy groups -OCH3 is 1. The third-order valence-electron chi connectivity index (χ3n) is 4.82. The topological polar surface area (TPSA) is 68.2 Å². The van der Waals surface area contributed by atoms with Gasteiger partial charge in [0.2, 0.25) is 5.91 Å². The molecule has 1 amide bonds. The molecule has 1 saturated heterocycles. The molecule has 1 fully saturated rings. The van der Waals surface area contributed by atoms with Gasteiger partial charge in [-0.05, 0) is 31.0 Å². The number of aliphatic imine (C=N–C) groups is 1. The van der Waals surface area contributed by atoms with Crippen LogP contribution in [0.4, 0.5) is 0 Å². The van der Waals surface area contributed by atoms with E-state index in [1.165, 1.54) is 18.9 Å². The van der Waals surface area contributed by atoms with E-state index >= 15 is 0 Å². The number of carbonyl (C=O) groups is 2. The summed E-state index contributed by atoms with van der Waals surface area (Å²) in [6.07, 6.45) is 3.74. The van der Waals surface area contributed by atoms with Crippen LogP contribution in [0.5, 0.6) is 5.75 Å². The maximum atomic E-state index is 12.7. The largest absolute Gasteiger partial charge is 0.494 e. The van der Waals surface area contributed by atoms with Crippen LogP contribution < -0.4 is 4.74 Å². The van der Waals surface area contributed by atoms with Gasteiger partial charge in [0.05, 0.1) is 31.0 Å². The van der Waals surface area contributed by atoms with Gasteiger partial charge < -0.3 is 9.47 Å². The zero-order valence-electron chi connectivity index (χ0n) is 16.6. The normalized spacial score (nSPS) is 19.2. The highest BCUT2D eigenvalue weighted by Gasteiger charge is 2.41. The van der Waals surface area contributed by atoms with Gasteiger partial charge >= 0.3 is 5.97 Å². The molecule has 2 aliphatic heterocycles.